The lowest BCUT2D eigenvalue weighted by molar-refractivity contribution is -0.144. The van der Waals surface area contributed by atoms with E-state index < -0.39 is 11.0 Å². The molecule has 110 valence electrons. The Kier molecular flexibility index (Phi) is 3.87. The van der Waals surface area contributed by atoms with Crippen LogP contribution in [-0.4, -0.2) is 29.1 Å². The van der Waals surface area contributed by atoms with E-state index in [1.165, 1.54) is 0 Å². The third-order valence-corrected chi connectivity index (χ3v) is 4.50. The zero-order chi connectivity index (χ0) is 15.0. The SMILES string of the molecule is CC1=C(/C=C/[C@@]2(C)CCC(=O)O2)[C@@](C)(CO)CCC1=O. The van der Waals surface area contributed by atoms with Gasteiger partial charge in [-0.15, -0.1) is 0 Å². The second-order valence-corrected chi connectivity index (χ2v) is 6.30. The maximum atomic E-state index is 11.9. The maximum Gasteiger partial charge on any atom is 0.306 e. The van der Waals surface area contributed by atoms with Gasteiger partial charge in [-0.1, -0.05) is 13.0 Å². The quantitative estimate of drug-likeness (QED) is 0.805. The van der Waals surface area contributed by atoms with Gasteiger partial charge in [0.1, 0.15) is 5.60 Å². The summed E-state index contributed by atoms with van der Waals surface area (Å²) in [5.74, 6) is -0.0587. The van der Waals surface area contributed by atoms with Crippen molar-refractivity contribution in [1.82, 2.24) is 0 Å². The molecule has 1 saturated heterocycles. The van der Waals surface area contributed by atoms with E-state index in [0.29, 0.717) is 31.3 Å². The summed E-state index contributed by atoms with van der Waals surface area (Å²) in [4.78, 5) is 23.1. The minimum atomic E-state index is -0.596. The molecule has 1 N–H and O–H groups in total. The van der Waals surface area contributed by atoms with Gasteiger partial charge in [0, 0.05) is 24.7 Å². The van der Waals surface area contributed by atoms with Gasteiger partial charge in [-0.05, 0) is 37.5 Å². The molecular weight excluding hydrogens is 256 g/mol. The molecule has 0 amide bonds. The Bertz CT molecular complexity index is 503. The number of allylic oxidation sites excluding steroid dienone is 2. The van der Waals surface area contributed by atoms with Crippen molar-refractivity contribution in [3.8, 4) is 0 Å². The highest BCUT2D eigenvalue weighted by Gasteiger charge is 2.37. The van der Waals surface area contributed by atoms with Crippen LogP contribution in [0.2, 0.25) is 0 Å². The van der Waals surface area contributed by atoms with Crippen molar-refractivity contribution in [3.05, 3.63) is 23.3 Å². The molecule has 0 aromatic carbocycles. The number of ether oxygens (including phenoxy) is 1. The molecule has 0 aromatic heterocycles. The Balaban J connectivity index is 2.31. The number of rotatable bonds is 3. The number of aliphatic hydroxyl groups is 1. The van der Waals surface area contributed by atoms with Gasteiger partial charge >= 0.3 is 5.97 Å². The zero-order valence-electron chi connectivity index (χ0n) is 12.4. The van der Waals surface area contributed by atoms with E-state index in [4.69, 9.17) is 4.74 Å². The standard InChI is InChI=1S/C16H22O4/c1-11-12(15(2,10-17)7-5-13(11)18)4-8-16(3)9-6-14(19)20-16/h4,8,17H,5-7,9-10H2,1-3H3/b8-4+/t15-,16+/m1/s1. The van der Waals surface area contributed by atoms with Crippen molar-refractivity contribution in [2.75, 3.05) is 6.61 Å². The van der Waals surface area contributed by atoms with E-state index in [2.05, 4.69) is 0 Å². The first-order chi connectivity index (χ1) is 9.30. The van der Waals surface area contributed by atoms with Crippen LogP contribution in [-0.2, 0) is 14.3 Å². The van der Waals surface area contributed by atoms with Gasteiger partial charge in [0.25, 0.3) is 0 Å². The minimum Gasteiger partial charge on any atom is -0.455 e. The minimum absolute atomic E-state index is 0.00773. The molecule has 0 radical (unpaired) electrons. The van der Waals surface area contributed by atoms with Gasteiger partial charge in [0.05, 0.1) is 6.61 Å². The Labute approximate surface area is 119 Å². The van der Waals surface area contributed by atoms with Crippen molar-refractivity contribution < 1.29 is 19.4 Å². The summed E-state index contributed by atoms with van der Waals surface area (Å²) in [6.45, 7) is 5.64. The van der Waals surface area contributed by atoms with E-state index >= 15 is 0 Å². The molecule has 0 spiro atoms. The number of esters is 1. The molecule has 4 nitrogen and oxygen atoms in total. The molecule has 0 unspecified atom stereocenters. The van der Waals surface area contributed by atoms with Crippen LogP contribution in [0.25, 0.3) is 0 Å². The molecule has 0 aromatic rings. The number of ketones is 1. The Hall–Kier alpha value is -1.42. The Morgan fingerprint density at radius 3 is 2.50 bits per heavy atom. The topological polar surface area (TPSA) is 63.6 Å². The molecule has 1 heterocycles. The molecule has 1 aliphatic heterocycles. The van der Waals surface area contributed by atoms with Crippen molar-refractivity contribution in [1.29, 1.82) is 0 Å². The number of cyclic esters (lactones) is 1. The van der Waals surface area contributed by atoms with Gasteiger partial charge in [0.2, 0.25) is 0 Å². The number of hydrogen-bond acceptors (Lipinski definition) is 4. The van der Waals surface area contributed by atoms with Crippen LogP contribution in [0.4, 0.5) is 0 Å². The number of hydrogen-bond donors (Lipinski definition) is 1. The summed E-state index contributed by atoms with van der Waals surface area (Å²) in [7, 11) is 0. The van der Waals surface area contributed by atoms with E-state index in [0.717, 1.165) is 5.57 Å². The summed E-state index contributed by atoms with van der Waals surface area (Å²) in [6.07, 6.45) is 5.92. The Morgan fingerprint density at radius 2 is 1.95 bits per heavy atom. The molecule has 2 aliphatic rings. The summed E-state index contributed by atoms with van der Waals surface area (Å²) in [6, 6.07) is 0. The molecule has 0 saturated carbocycles. The van der Waals surface area contributed by atoms with E-state index in [-0.39, 0.29) is 18.4 Å². The lowest BCUT2D eigenvalue weighted by atomic mass is 9.71. The monoisotopic (exact) mass is 278 g/mol. The summed E-state index contributed by atoms with van der Waals surface area (Å²) < 4.78 is 5.31. The van der Waals surface area contributed by atoms with Gasteiger partial charge < -0.3 is 9.84 Å². The number of aliphatic hydroxyl groups excluding tert-OH is 1. The van der Waals surface area contributed by atoms with E-state index in [9.17, 15) is 14.7 Å². The lowest BCUT2D eigenvalue weighted by Crippen LogP contribution is -2.31. The van der Waals surface area contributed by atoms with Crippen LogP contribution in [0.1, 0.15) is 46.5 Å². The largest absolute Gasteiger partial charge is 0.455 e. The predicted molar refractivity (Wildman–Crippen MR) is 75.0 cm³/mol. The third-order valence-electron chi connectivity index (χ3n) is 4.50. The predicted octanol–water partition coefficient (Wildman–Crippen LogP) is 2.32. The van der Waals surface area contributed by atoms with Gasteiger partial charge in [-0.2, -0.15) is 0 Å². The molecular formula is C16H22O4. The van der Waals surface area contributed by atoms with Crippen molar-refractivity contribution in [2.24, 2.45) is 5.41 Å². The molecule has 1 aliphatic carbocycles. The second kappa shape index (κ2) is 5.17. The highest BCUT2D eigenvalue weighted by atomic mass is 16.6. The summed E-state index contributed by atoms with van der Waals surface area (Å²) >= 11 is 0. The lowest BCUT2D eigenvalue weighted by Gasteiger charge is -2.34. The first-order valence-corrected chi connectivity index (χ1v) is 7.06. The third kappa shape index (κ3) is 2.70. The van der Waals surface area contributed by atoms with Crippen LogP contribution < -0.4 is 0 Å². The van der Waals surface area contributed by atoms with Crippen LogP contribution in [0.15, 0.2) is 23.3 Å². The number of carbonyl (C=O) groups is 2. The van der Waals surface area contributed by atoms with Crippen LogP contribution in [0, 0.1) is 5.41 Å². The highest BCUT2D eigenvalue weighted by molar-refractivity contribution is 5.97. The fourth-order valence-corrected chi connectivity index (χ4v) is 2.89. The highest BCUT2D eigenvalue weighted by Crippen LogP contribution is 2.40. The van der Waals surface area contributed by atoms with Gasteiger partial charge in [-0.25, -0.2) is 0 Å². The molecule has 4 heteroatoms. The molecule has 0 bridgehead atoms. The van der Waals surface area contributed by atoms with E-state index in [1.54, 1.807) is 6.92 Å². The van der Waals surface area contributed by atoms with Crippen LogP contribution in [0.3, 0.4) is 0 Å². The second-order valence-electron chi connectivity index (χ2n) is 6.30. The molecule has 2 atom stereocenters. The number of carbonyl (C=O) groups excluding carboxylic acids is 2. The van der Waals surface area contributed by atoms with Crippen molar-refractivity contribution in [2.45, 2.75) is 52.1 Å². The van der Waals surface area contributed by atoms with Crippen molar-refractivity contribution in [3.63, 3.8) is 0 Å². The zero-order valence-corrected chi connectivity index (χ0v) is 12.4. The molecule has 20 heavy (non-hydrogen) atoms. The normalized spacial score (nSPS) is 35.0. The van der Waals surface area contributed by atoms with Crippen LogP contribution >= 0.6 is 0 Å². The van der Waals surface area contributed by atoms with Crippen LogP contribution in [0.5, 0.6) is 0 Å². The fraction of sp³-hybridized carbons (Fsp3) is 0.625. The average molecular weight is 278 g/mol. The van der Waals surface area contributed by atoms with Crippen molar-refractivity contribution >= 4 is 11.8 Å². The average Bonchev–Trinajstić information content (AvgIpc) is 2.74. The first kappa shape index (κ1) is 15.0. The van der Waals surface area contributed by atoms with Gasteiger partial charge in [-0.3, -0.25) is 9.59 Å². The molecule has 2 rings (SSSR count). The molecule has 1 fully saturated rings. The Morgan fingerprint density at radius 1 is 1.25 bits per heavy atom. The summed E-state index contributed by atoms with van der Waals surface area (Å²) in [5.41, 5.74) is 0.576. The number of Topliss-reactive ketones (excluding diaryl/α,β-unsaturated/α-hetero) is 1. The van der Waals surface area contributed by atoms with Gasteiger partial charge in [0.15, 0.2) is 5.78 Å². The summed E-state index contributed by atoms with van der Waals surface area (Å²) in [5, 5.41) is 9.66. The smallest absolute Gasteiger partial charge is 0.306 e. The fourth-order valence-electron chi connectivity index (χ4n) is 2.89. The maximum absolute atomic E-state index is 11.9. The first-order valence-electron chi connectivity index (χ1n) is 7.06. The van der Waals surface area contributed by atoms with E-state index in [1.807, 2.05) is 26.0 Å².